The molecule has 2 heteroatoms. The Kier molecular flexibility index (Phi) is 3.55. The van der Waals surface area contributed by atoms with Crippen molar-refractivity contribution < 1.29 is 4.79 Å². The van der Waals surface area contributed by atoms with E-state index in [1.807, 2.05) is 41.3 Å². The van der Waals surface area contributed by atoms with Gasteiger partial charge in [0, 0.05) is 18.7 Å². The summed E-state index contributed by atoms with van der Waals surface area (Å²) < 4.78 is 0. The van der Waals surface area contributed by atoms with E-state index in [0.717, 1.165) is 24.9 Å². The second-order valence-corrected chi connectivity index (χ2v) is 5.22. The molecule has 101 valence electrons. The van der Waals surface area contributed by atoms with Gasteiger partial charge in [-0.3, -0.25) is 4.79 Å². The lowest BCUT2D eigenvalue weighted by Gasteiger charge is -2.29. The van der Waals surface area contributed by atoms with Gasteiger partial charge < -0.3 is 4.90 Å². The molecular formula is C18H18NO. The molecule has 0 saturated heterocycles. The normalized spacial score (nSPS) is 13.9. The number of hydrogen-bond donors (Lipinski definition) is 0. The molecule has 1 aliphatic heterocycles. The van der Waals surface area contributed by atoms with Crippen LogP contribution in [0.25, 0.3) is 0 Å². The van der Waals surface area contributed by atoms with E-state index in [9.17, 15) is 4.79 Å². The van der Waals surface area contributed by atoms with Crippen molar-refractivity contribution in [2.75, 3.05) is 6.54 Å². The van der Waals surface area contributed by atoms with Gasteiger partial charge in [-0.25, -0.2) is 0 Å². The van der Waals surface area contributed by atoms with Crippen molar-refractivity contribution in [2.45, 2.75) is 26.3 Å². The van der Waals surface area contributed by atoms with Crippen LogP contribution in [0.15, 0.2) is 42.5 Å². The Morgan fingerprint density at radius 3 is 2.75 bits per heavy atom. The van der Waals surface area contributed by atoms with Gasteiger partial charge in [-0.05, 0) is 53.8 Å². The Hall–Kier alpha value is -2.09. The fourth-order valence-corrected chi connectivity index (χ4v) is 2.67. The highest BCUT2D eigenvalue weighted by Crippen LogP contribution is 2.20. The smallest absolute Gasteiger partial charge is 0.254 e. The van der Waals surface area contributed by atoms with Gasteiger partial charge in [-0.1, -0.05) is 31.2 Å². The standard InChI is InChI=1S/C18H18NO/c1-2-14-7-9-16(10-8-14)18(20)19-12-11-15-5-3-4-6-17(15)13-19/h3,5-10H,2,11-13H2,1H3. The van der Waals surface area contributed by atoms with E-state index in [-0.39, 0.29) is 5.91 Å². The van der Waals surface area contributed by atoms with Crippen molar-refractivity contribution in [3.05, 3.63) is 70.8 Å². The molecule has 0 spiro atoms. The quantitative estimate of drug-likeness (QED) is 0.815. The second-order valence-electron chi connectivity index (χ2n) is 5.22. The van der Waals surface area contributed by atoms with Crippen LogP contribution in [0.4, 0.5) is 0 Å². The van der Waals surface area contributed by atoms with Gasteiger partial charge in [-0.15, -0.1) is 0 Å². The molecule has 0 aliphatic carbocycles. The van der Waals surface area contributed by atoms with E-state index >= 15 is 0 Å². The average Bonchev–Trinajstić information content (AvgIpc) is 2.54. The summed E-state index contributed by atoms with van der Waals surface area (Å²) in [6, 6.07) is 17.1. The topological polar surface area (TPSA) is 20.3 Å². The van der Waals surface area contributed by atoms with Crippen LogP contribution in [-0.2, 0) is 19.4 Å². The third-order valence-corrected chi connectivity index (χ3v) is 3.96. The molecule has 1 amide bonds. The van der Waals surface area contributed by atoms with Crippen molar-refractivity contribution in [3.63, 3.8) is 0 Å². The number of carbonyl (C=O) groups is 1. The van der Waals surface area contributed by atoms with Gasteiger partial charge in [0.1, 0.15) is 0 Å². The summed E-state index contributed by atoms with van der Waals surface area (Å²) in [5, 5.41) is 0. The van der Waals surface area contributed by atoms with Gasteiger partial charge in [0.2, 0.25) is 0 Å². The first-order valence-electron chi connectivity index (χ1n) is 7.14. The fourth-order valence-electron chi connectivity index (χ4n) is 2.67. The third kappa shape index (κ3) is 2.46. The Balaban J connectivity index is 1.78. The number of hydrogen-bond acceptors (Lipinski definition) is 1. The lowest BCUT2D eigenvalue weighted by molar-refractivity contribution is 0.0734. The fraction of sp³-hybridized carbons (Fsp3) is 0.278. The van der Waals surface area contributed by atoms with Gasteiger partial charge in [0.05, 0.1) is 0 Å². The molecule has 2 nitrogen and oxygen atoms in total. The maximum atomic E-state index is 12.5. The second kappa shape index (κ2) is 5.49. The first kappa shape index (κ1) is 12.9. The highest BCUT2D eigenvalue weighted by molar-refractivity contribution is 5.94. The van der Waals surface area contributed by atoms with Crippen LogP contribution in [0, 0.1) is 6.07 Å². The molecule has 2 aromatic carbocycles. The molecule has 3 rings (SSSR count). The Morgan fingerprint density at radius 1 is 1.20 bits per heavy atom. The highest BCUT2D eigenvalue weighted by atomic mass is 16.2. The summed E-state index contributed by atoms with van der Waals surface area (Å²) in [4.78, 5) is 14.5. The Morgan fingerprint density at radius 2 is 2.00 bits per heavy atom. The first-order valence-corrected chi connectivity index (χ1v) is 7.14. The lowest BCUT2D eigenvalue weighted by Crippen LogP contribution is -2.35. The summed E-state index contributed by atoms with van der Waals surface area (Å²) in [6.45, 7) is 3.61. The number of nitrogens with zero attached hydrogens (tertiary/aromatic N) is 1. The summed E-state index contributed by atoms with van der Waals surface area (Å²) >= 11 is 0. The Bertz CT molecular complexity index is 616. The number of aryl methyl sites for hydroxylation is 1. The van der Waals surface area contributed by atoms with E-state index in [2.05, 4.69) is 19.1 Å². The van der Waals surface area contributed by atoms with Crippen molar-refractivity contribution in [2.24, 2.45) is 0 Å². The molecular weight excluding hydrogens is 246 g/mol. The van der Waals surface area contributed by atoms with Crippen LogP contribution >= 0.6 is 0 Å². The maximum absolute atomic E-state index is 12.5. The average molecular weight is 264 g/mol. The molecule has 1 aliphatic rings. The van der Waals surface area contributed by atoms with E-state index in [1.54, 1.807) is 0 Å². The number of amides is 1. The molecule has 0 aromatic heterocycles. The number of rotatable bonds is 2. The molecule has 0 fully saturated rings. The monoisotopic (exact) mass is 264 g/mol. The summed E-state index contributed by atoms with van der Waals surface area (Å²) in [5.74, 6) is 0.127. The van der Waals surface area contributed by atoms with E-state index in [0.29, 0.717) is 6.54 Å². The van der Waals surface area contributed by atoms with E-state index in [4.69, 9.17) is 0 Å². The minimum absolute atomic E-state index is 0.127. The highest BCUT2D eigenvalue weighted by Gasteiger charge is 2.21. The summed E-state index contributed by atoms with van der Waals surface area (Å²) in [7, 11) is 0. The number of carbonyl (C=O) groups excluding carboxylic acids is 1. The molecule has 1 radical (unpaired) electrons. The third-order valence-electron chi connectivity index (χ3n) is 3.96. The zero-order valence-electron chi connectivity index (χ0n) is 11.7. The van der Waals surface area contributed by atoms with Gasteiger partial charge >= 0.3 is 0 Å². The predicted molar refractivity (Wildman–Crippen MR) is 79.5 cm³/mol. The van der Waals surface area contributed by atoms with Crippen molar-refractivity contribution in [1.29, 1.82) is 0 Å². The summed E-state index contributed by atoms with van der Waals surface area (Å²) in [6.07, 6.45) is 1.93. The molecule has 0 unspecified atom stereocenters. The summed E-state index contributed by atoms with van der Waals surface area (Å²) in [5.41, 5.74) is 4.61. The van der Waals surface area contributed by atoms with E-state index < -0.39 is 0 Å². The minimum Gasteiger partial charge on any atom is -0.334 e. The van der Waals surface area contributed by atoms with Crippen molar-refractivity contribution in [3.8, 4) is 0 Å². The van der Waals surface area contributed by atoms with Crippen LogP contribution in [0.2, 0.25) is 0 Å². The van der Waals surface area contributed by atoms with Crippen LogP contribution in [-0.4, -0.2) is 17.4 Å². The SMILES string of the molecule is CCc1ccc(C(=O)N2CCc3cc[c]cc3C2)cc1. The van der Waals surface area contributed by atoms with E-state index in [1.165, 1.54) is 16.7 Å². The molecule has 2 aromatic rings. The van der Waals surface area contributed by atoms with Crippen molar-refractivity contribution >= 4 is 5.91 Å². The van der Waals surface area contributed by atoms with Crippen LogP contribution in [0.3, 0.4) is 0 Å². The number of fused-ring (bicyclic) bond motifs is 1. The maximum Gasteiger partial charge on any atom is 0.254 e. The largest absolute Gasteiger partial charge is 0.334 e. The molecule has 20 heavy (non-hydrogen) atoms. The van der Waals surface area contributed by atoms with Gasteiger partial charge in [-0.2, -0.15) is 0 Å². The number of benzene rings is 2. The van der Waals surface area contributed by atoms with Crippen LogP contribution in [0.5, 0.6) is 0 Å². The molecule has 0 bridgehead atoms. The molecule has 0 saturated carbocycles. The van der Waals surface area contributed by atoms with Crippen LogP contribution < -0.4 is 0 Å². The molecule has 0 N–H and O–H groups in total. The Labute approximate surface area is 120 Å². The zero-order chi connectivity index (χ0) is 13.9. The predicted octanol–water partition coefficient (Wildman–Crippen LogP) is 3.25. The van der Waals surface area contributed by atoms with Gasteiger partial charge in [0.15, 0.2) is 0 Å². The van der Waals surface area contributed by atoms with Crippen molar-refractivity contribution in [1.82, 2.24) is 4.90 Å². The molecule has 1 heterocycles. The lowest BCUT2D eigenvalue weighted by atomic mass is 9.99. The van der Waals surface area contributed by atoms with Gasteiger partial charge in [0.25, 0.3) is 5.91 Å². The first-order chi connectivity index (χ1) is 9.78. The zero-order valence-corrected chi connectivity index (χ0v) is 11.7. The minimum atomic E-state index is 0.127. The van der Waals surface area contributed by atoms with Crippen LogP contribution in [0.1, 0.15) is 34.0 Å². The molecule has 0 atom stereocenters.